The van der Waals surface area contributed by atoms with Crippen LogP contribution in [-0.4, -0.2) is 0 Å². The minimum absolute atomic E-state index is 0.912. The van der Waals surface area contributed by atoms with E-state index in [9.17, 15) is 0 Å². The molecule has 46 valence electrons. The summed E-state index contributed by atoms with van der Waals surface area (Å²) in [6, 6.07) is 2.15. The molecule has 0 saturated heterocycles. The molecule has 1 aliphatic carbocycles. The third-order valence-electron chi connectivity index (χ3n) is 1.43. The van der Waals surface area contributed by atoms with E-state index in [0.29, 0.717) is 0 Å². The fourth-order valence-corrected chi connectivity index (χ4v) is 0.949. The number of hydrogen-bond acceptors (Lipinski definition) is 1. The number of nitriles is 1. The third-order valence-corrected chi connectivity index (χ3v) is 1.43. The summed E-state index contributed by atoms with van der Waals surface area (Å²) in [6.45, 7) is 2.02. The van der Waals surface area contributed by atoms with Crippen molar-refractivity contribution in [2.24, 2.45) is 0 Å². The predicted molar refractivity (Wildman–Crippen MR) is 36.7 cm³/mol. The zero-order valence-electron chi connectivity index (χ0n) is 5.52. The van der Waals surface area contributed by atoms with Crippen molar-refractivity contribution in [3.05, 3.63) is 23.3 Å². The number of nitrogens with zero attached hydrogens (tertiary/aromatic N) is 1. The Bertz CT molecular complexity index is 203. The lowest BCUT2D eigenvalue weighted by Crippen LogP contribution is -1.86. The van der Waals surface area contributed by atoms with Gasteiger partial charge in [-0.1, -0.05) is 11.6 Å². The van der Waals surface area contributed by atoms with Crippen molar-refractivity contribution in [3.63, 3.8) is 0 Å². The highest BCUT2D eigenvalue weighted by molar-refractivity contribution is 5.33. The van der Waals surface area contributed by atoms with Crippen LogP contribution >= 0.6 is 0 Å². The van der Waals surface area contributed by atoms with E-state index in [0.717, 1.165) is 18.4 Å². The quantitative estimate of drug-likeness (QED) is 0.479. The first-order valence-electron chi connectivity index (χ1n) is 3.10. The van der Waals surface area contributed by atoms with Gasteiger partial charge in [0.1, 0.15) is 0 Å². The van der Waals surface area contributed by atoms with Crippen molar-refractivity contribution in [2.75, 3.05) is 0 Å². The number of rotatable bonds is 0. The first-order chi connectivity index (χ1) is 4.33. The molecule has 0 saturated carbocycles. The summed E-state index contributed by atoms with van der Waals surface area (Å²) in [5.41, 5.74) is 2.13. The third kappa shape index (κ3) is 1.43. The van der Waals surface area contributed by atoms with Crippen LogP contribution in [0.2, 0.25) is 0 Å². The highest BCUT2D eigenvalue weighted by Gasteiger charge is 1.99. The molecule has 1 aliphatic rings. The minimum atomic E-state index is 0.912. The van der Waals surface area contributed by atoms with Gasteiger partial charge in [-0.05, 0) is 25.8 Å². The molecule has 0 atom stereocenters. The van der Waals surface area contributed by atoms with Crippen molar-refractivity contribution in [3.8, 4) is 6.07 Å². The van der Waals surface area contributed by atoms with Crippen LogP contribution in [0.3, 0.4) is 0 Å². The first kappa shape index (κ1) is 6.10. The average Bonchev–Trinajstić information content (AvgIpc) is 1.88. The van der Waals surface area contributed by atoms with Gasteiger partial charge < -0.3 is 0 Å². The molecule has 0 N–H and O–H groups in total. The standard InChI is InChI=1S/C8H9N/c1-7-3-2-4-8(5-7)6-9/h3,5H,2,4H2,1H3. The van der Waals surface area contributed by atoms with E-state index in [-0.39, 0.29) is 0 Å². The smallest absolute Gasteiger partial charge is 0.0947 e. The van der Waals surface area contributed by atoms with E-state index < -0.39 is 0 Å². The van der Waals surface area contributed by atoms with Crippen molar-refractivity contribution >= 4 is 0 Å². The van der Waals surface area contributed by atoms with E-state index >= 15 is 0 Å². The Kier molecular flexibility index (Phi) is 1.69. The van der Waals surface area contributed by atoms with E-state index in [1.54, 1.807) is 0 Å². The molecule has 1 nitrogen and oxygen atoms in total. The van der Waals surface area contributed by atoms with Gasteiger partial charge in [0, 0.05) is 5.57 Å². The Morgan fingerprint density at radius 1 is 1.67 bits per heavy atom. The monoisotopic (exact) mass is 119 g/mol. The summed E-state index contributed by atoms with van der Waals surface area (Å²) < 4.78 is 0. The minimum Gasteiger partial charge on any atom is -0.193 e. The van der Waals surface area contributed by atoms with Gasteiger partial charge >= 0.3 is 0 Å². The zero-order valence-corrected chi connectivity index (χ0v) is 5.52. The molecule has 0 amide bonds. The lowest BCUT2D eigenvalue weighted by Gasteiger charge is -2.02. The van der Waals surface area contributed by atoms with Crippen LogP contribution < -0.4 is 0 Å². The van der Waals surface area contributed by atoms with Crippen LogP contribution in [0.1, 0.15) is 19.8 Å². The summed E-state index contributed by atoms with van der Waals surface area (Å²) in [4.78, 5) is 0. The summed E-state index contributed by atoms with van der Waals surface area (Å²) in [6.07, 6.45) is 6.06. The van der Waals surface area contributed by atoms with Crippen LogP contribution in [-0.2, 0) is 0 Å². The topological polar surface area (TPSA) is 23.8 Å². The summed E-state index contributed by atoms with van der Waals surface area (Å²) in [5, 5.41) is 8.46. The molecule has 0 heterocycles. The molecule has 0 unspecified atom stereocenters. The van der Waals surface area contributed by atoms with Gasteiger partial charge in [-0.3, -0.25) is 0 Å². The number of hydrogen-bond donors (Lipinski definition) is 0. The van der Waals surface area contributed by atoms with Gasteiger partial charge in [0.05, 0.1) is 6.07 Å². The maximum Gasteiger partial charge on any atom is 0.0947 e. The zero-order chi connectivity index (χ0) is 6.69. The fourth-order valence-electron chi connectivity index (χ4n) is 0.949. The maximum atomic E-state index is 8.46. The van der Waals surface area contributed by atoms with Gasteiger partial charge in [0.2, 0.25) is 0 Å². The van der Waals surface area contributed by atoms with Crippen LogP contribution in [0.5, 0.6) is 0 Å². The van der Waals surface area contributed by atoms with Crippen molar-refractivity contribution < 1.29 is 0 Å². The first-order valence-corrected chi connectivity index (χ1v) is 3.10. The Hall–Kier alpha value is -1.03. The molecule has 1 rings (SSSR count). The Morgan fingerprint density at radius 2 is 2.44 bits per heavy atom. The molecule has 0 spiro atoms. The van der Waals surface area contributed by atoms with Crippen LogP contribution in [0.4, 0.5) is 0 Å². The second-order valence-electron chi connectivity index (χ2n) is 2.27. The molecule has 0 aromatic rings. The highest BCUT2D eigenvalue weighted by Crippen LogP contribution is 2.15. The Balaban J connectivity index is 2.78. The van der Waals surface area contributed by atoms with E-state index in [1.807, 2.05) is 13.0 Å². The molecular formula is C8H9N. The summed E-state index contributed by atoms with van der Waals surface area (Å²) >= 11 is 0. The second-order valence-corrected chi connectivity index (χ2v) is 2.27. The summed E-state index contributed by atoms with van der Waals surface area (Å²) in [5.74, 6) is 0. The molecule has 1 heteroatoms. The SMILES string of the molecule is CC1=CCCC(C#N)=C1. The van der Waals surface area contributed by atoms with Gasteiger partial charge in [-0.15, -0.1) is 0 Å². The van der Waals surface area contributed by atoms with Gasteiger partial charge in [0.15, 0.2) is 0 Å². The van der Waals surface area contributed by atoms with Gasteiger partial charge in [-0.25, -0.2) is 0 Å². The summed E-state index contributed by atoms with van der Waals surface area (Å²) in [7, 11) is 0. The van der Waals surface area contributed by atoms with E-state index in [1.165, 1.54) is 5.57 Å². The highest BCUT2D eigenvalue weighted by atomic mass is 14.2. The molecule has 0 bridgehead atoms. The molecule has 0 aromatic heterocycles. The number of allylic oxidation sites excluding steroid dienone is 4. The van der Waals surface area contributed by atoms with Gasteiger partial charge in [-0.2, -0.15) is 5.26 Å². The van der Waals surface area contributed by atoms with Gasteiger partial charge in [0.25, 0.3) is 0 Å². The second kappa shape index (κ2) is 2.50. The molecule has 0 radical (unpaired) electrons. The van der Waals surface area contributed by atoms with Crippen molar-refractivity contribution in [1.29, 1.82) is 5.26 Å². The lowest BCUT2D eigenvalue weighted by molar-refractivity contribution is 0.976. The lowest BCUT2D eigenvalue weighted by atomic mass is 10.0. The molecule has 9 heavy (non-hydrogen) atoms. The van der Waals surface area contributed by atoms with Crippen LogP contribution in [0.15, 0.2) is 23.3 Å². The Morgan fingerprint density at radius 3 is 2.89 bits per heavy atom. The normalized spacial score (nSPS) is 17.8. The van der Waals surface area contributed by atoms with Crippen molar-refractivity contribution in [2.45, 2.75) is 19.8 Å². The average molecular weight is 119 g/mol. The largest absolute Gasteiger partial charge is 0.193 e. The molecular weight excluding hydrogens is 110 g/mol. The molecule has 0 aromatic carbocycles. The van der Waals surface area contributed by atoms with Crippen molar-refractivity contribution in [1.82, 2.24) is 0 Å². The Labute approximate surface area is 55.3 Å². The maximum absolute atomic E-state index is 8.46. The van der Waals surface area contributed by atoms with E-state index in [2.05, 4.69) is 12.1 Å². The molecule has 0 aliphatic heterocycles. The van der Waals surface area contributed by atoms with Crippen LogP contribution in [0.25, 0.3) is 0 Å². The predicted octanol–water partition coefficient (Wildman–Crippen LogP) is 2.18. The van der Waals surface area contributed by atoms with Crippen LogP contribution in [0, 0.1) is 11.3 Å². The fraction of sp³-hybridized carbons (Fsp3) is 0.375. The van der Waals surface area contributed by atoms with E-state index in [4.69, 9.17) is 5.26 Å². The molecule has 0 fully saturated rings.